The van der Waals surface area contributed by atoms with Crippen LogP contribution in [0.2, 0.25) is 0 Å². The lowest BCUT2D eigenvalue weighted by Gasteiger charge is -2.31. The predicted molar refractivity (Wildman–Crippen MR) is 88.9 cm³/mol. The first-order valence-corrected chi connectivity index (χ1v) is 7.30. The average Bonchev–Trinajstić information content (AvgIpc) is 2.89. The molecular formula is C16H21ClN4O. The van der Waals surface area contributed by atoms with Gasteiger partial charge in [0.05, 0.1) is 5.69 Å². The molecule has 3 rings (SSSR count). The van der Waals surface area contributed by atoms with Gasteiger partial charge in [0.2, 0.25) is 0 Å². The highest BCUT2D eigenvalue weighted by atomic mass is 35.5. The number of aryl methyl sites for hydroxylation is 1. The fraction of sp³-hybridized carbons (Fsp3) is 0.375. The lowest BCUT2D eigenvalue weighted by molar-refractivity contribution is 0.0702. The van der Waals surface area contributed by atoms with Crippen molar-refractivity contribution >= 4 is 18.3 Å². The van der Waals surface area contributed by atoms with Crippen molar-refractivity contribution in [1.29, 1.82) is 0 Å². The number of piperazine rings is 1. The molecule has 1 fully saturated rings. The molecule has 0 saturated carbocycles. The summed E-state index contributed by atoms with van der Waals surface area (Å²) in [5.41, 5.74) is 2.46. The predicted octanol–water partition coefficient (Wildman–Crippen LogP) is 2.04. The summed E-state index contributed by atoms with van der Waals surface area (Å²) in [7, 11) is 0. The summed E-state index contributed by atoms with van der Waals surface area (Å²) in [5.74, 6) is 0.0149. The first kappa shape index (κ1) is 16.5. The number of hydrogen-bond donors (Lipinski definition) is 1. The lowest BCUT2D eigenvalue weighted by atomic mass is 10.2. The summed E-state index contributed by atoms with van der Waals surface area (Å²) in [4.78, 5) is 14.4. The van der Waals surface area contributed by atoms with Crippen molar-refractivity contribution in [3.8, 4) is 5.69 Å². The summed E-state index contributed by atoms with van der Waals surface area (Å²) in [6.45, 7) is 6.37. The second-order valence-electron chi connectivity index (χ2n) is 5.52. The summed E-state index contributed by atoms with van der Waals surface area (Å²) < 4.78 is 1.82. The molecule has 1 aromatic heterocycles. The van der Waals surface area contributed by atoms with Gasteiger partial charge in [0.15, 0.2) is 5.69 Å². The molecular weight excluding hydrogens is 300 g/mol. The van der Waals surface area contributed by atoms with Crippen molar-refractivity contribution < 1.29 is 4.79 Å². The highest BCUT2D eigenvalue weighted by molar-refractivity contribution is 5.92. The molecule has 1 aliphatic heterocycles. The number of benzene rings is 1. The standard InChI is InChI=1S/C16H20N4O.ClH/c1-12-11-19(9-8-17-12)16(21)15-10-13(2)20(18-15)14-6-4-3-5-7-14;/h3-7,10,12,17H,8-9,11H2,1-2H3;1H. The number of carbonyl (C=O) groups is 1. The molecule has 1 aromatic carbocycles. The number of para-hydroxylation sites is 1. The molecule has 0 bridgehead atoms. The first-order chi connectivity index (χ1) is 10.1. The van der Waals surface area contributed by atoms with Crippen molar-refractivity contribution in [3.63, 3.8) is 0 Å². The van der Waals surface area contributed by atoms with Crippen molar-refractivity contribution in [3.05, 3.63) is 47.8 Å². The van der Waals surface area contributed by atoms with Crippen molar-refractivity contribution in [2.75, 3.05) is 19.6 Å². The number of carbonyl (C=O) groups excluding carboxylic acids is 1. The Morgan fingerprint density at radius 3 is 2.73 bits per heavy atom. The van der Waals surface area contributed by atoms with E-state index in [0.29, 0.717) is 11.7 Å². The van der Waals surface area contributed by atoms with E-state index in [1.165, 1.54) is 0 Å². The maximum absolute atomic E-state index is 12.6. The summed E-state index contributed by atoms with van der Waals surface area (Å²) >= 11 is 0. The Kier molecular flexibility index (Phi) is 5.21. The maximum Gasteiger partial charge on any atom is 0.274 e. The third-order valence-corrected chi connectivity index (χ3v) is 3.76. The molecule has 6 heteroatoms. The van der Waals surface area contributed by atoms with Crippen LogP contribution in [0.5, 0.6) is 0 Å². The molecule has 5 nitrogen and oxygen atoms in total. The number of halogens is 1. The van der Waals surface area contributed by atoms with Crippen LogP contribution in [0.1, 0.15) is 23.1 Å². The van der Waals surface area contributed by atoms with Crippen LogP contribution in [-0.4, -0.2) is 46.3 Å². The van der Waals surface area contributed by atoms with Crippen LogP contribution in [-0.2, 0) is 0 Å². The molecule has 1 amide bonds. The third-order valence-electron chi connectivity index (χ3n) is 3.76. The number of hydrogen-bond acceptors (Lipinski definition) is 3. The molecule has 1 unspecified atom stereocenters. The van der Waals surface area contributed by atoms with Crippen LogP contribution >= 0.6 is 12.4 Å². The van der Waals surface area contributed by atoms with Gasteiger partial charge in [-0.1, -0.05) is 18.2 Å². The number of aromatic nitrogens is 2. The molecule has 2 heterocycles. The largest absolute Gasteiger partial charge is 0.334 e. The fourth-order valence-electron chi connectivity index (χ4n) is 2.69. The summed E-state index contributed by atoms with van der Waals surface area (Å²) in [6, 6.07) is 12.1. The summed E-state index contributed by atoms with van der Waals surface area (Å²) in [5, 5.41) is 7.83. The van der Waals surface area contributed by atoms with E-state index >= 15 is 0 Å². The Morgan fingerprint density at radius 1 is 1.32 bits per heavy atom. The smallest absolute Gasteiger partial charge is 0.274 e. The van der Waals surface area contributed by atoms with Gasteiger partial charge in [0, 0.05) is 31.4 Å². The number of nitrogens with zero attached hydrogens (tertiary/aromatic N) is 3. The number of rotatable bonds is 2. The highest BCUT2D eigenvalue weighted by Crippen LogP contribution is 2.14. The molecule has 1 saturated heterocycles. The second-order valence-corrected chi connectivity index (χ2v) is 5.52. The van der Waals surface area contributed by atoms with E-state index in [1.54, 1.807) is 0 Å². The minimum atomic E-state index is 0. The molecule has 22 heavy (non-hydrogen) atoms. The van der Waals surface area contributed by atoms with Gasteiger partial charge in [-0.2, -0.15) is 5.10 Å². The van der Waals surface area contributed by atoms with Gasteiger partial charge in [-0.05, 0) is 32.0 Å². The molecule has 2 aromatic rings. The first-order valence-electron chi connectivity index (χ1n) is 7.30. The Hall–Kier alpha value is -1.85. The molecule has 0 spiro atoms. The third kappa shape index (κ3) is 3.31. The van der Waals surface area contributed by atoms with Crippen LogP contribution < -0.4 is 5.32 Å². The number of amides is 1. The van der Waals surface area contributed by atoms with E-state index in [9.17, 15) is 4.79 Å². The monoisotopic (exact) mass is 320 g/mol. The van der Waals surface area contributed by atoms with Crippen LogP contribution in [0.15, 0.2) is 36.4 Å². The van der Waals surface area contributed by atoms with Crippen molar-refractivity contribution in [2.45, 2.75) is 19.9 Å². The van der Waals surface area contributed by atoms with Crippen LogP contribution in [0, 0.1) is 6.92 Å². The van der Waals surface area contributed by atoms with E-state index in [2.05, 4.69) is 17.3 Å². The maximum atomic E-state index is 12.6. The zero-order chi connectivity index (χ0) is 14.8. The molecule has 0 radical (unpaired) electrons. The second kappa shape index (κ2) is 6.94. The van der Waals surface area contributed by atoms with Crippen LogP contribution in [0.3, 0.4) is 0 Å². The zero-order valence-electron chi connectivity index (χ0n) is 12.8. The number of nitrogens with one attached hydrogen (secondary N) is 1. The van der Waals surface area contributed by atoms with Crippen molar-refractivity contribution in [2.24, 2.45) is 0 Å². The van der Waals surface area contributed by atoms with Gasteiger partial charge in [0.25, 0.3) is 5.91 Å². The normalized spacial score (nSPS) is 17.9. The molecule has 118 valence electrons. The zero-order valence-corrected chi connectivity index (χ0v) is 13.6. The molecule has 1 N–H and O–H groups in total. The quantitative estimate of drug-likeness (QED) is 0.921. The van der Waals surface area contributed by atoms with E-state index in [4.69, 9.17) is 0 Å². The average molecular weight is 321 g/mol. The van der Waals surface area contributed by atoms with Gasteiger partial charge in [-0.15, -0.1) is 12.4 Å². The van der Waals surface area contributed by atoms with Gasteiger partial charge in [0.1, 0.15) is 0 Å². The molecule has 1 atom stereocenters. The topological polar surface area (TPSA) is 50.2 Å². The van der Waals surface area contributed by atoms with E-state index < -0.39 is 0 Å². The Balaban J connectivity index is 0.00000176. The van der Waals surface area contributed by atoms with Gasteiger partial charge >= 0.3 is 0 Å². The van der Waals surface area contributed by atoms with Gasteiger partial charge in [-0.25, -0.2) is 4.68 Å². The Labute approximate surface area is 136 Å². The Bertz CT molecular complexity index is 641. The van der Waals surface area contributed by atoms with E-state index in [1.807, 2.05) is 52.9 Å². The van der Waals surface area contributed by atoms with E-state index in [-0.39, 0.29) is 18.3 Å². The molecule has 1 aliphatic rings. The minimum absolute atomic E-state index is 0. The lowest BCUT2D eigenvalue weighted by Crippen LogP contribution is -2.51. The van der Waals surface area contributed by atoms with Crippen LogP contribution in [0.4, 0.5) is 0 Å². The van der Waals surface area contributed by atoms with Gasteiger partial charge < -0.3 is 10.2 Å². The molecule has 0 aliphatic carbocycles. The minimum Gasteiger partial charge on any atom is -0.334 e. The van der Waals surface area contributed by atoms with E-state index in [0.717, 1.165) is 31.0 Å². The van der Waals surface area contributed by atoms with Crippen LogP contribution in [0.25, 0.3) is 5.69 Å². The van der Waals surface area contributed by atoms with Crippen molar-refractivity contribution in [1.82, 2.24) is 20.0 Å². The van der Waals surface area contributed by atoms with Gasteiger partial charge in [-0.3, -0.25) is 4.79 Å². The SMILES string of the molecule is Cc1cc(C(=O)N2CCNC(C)C2)nn1-c1ccccc1.Cl. The summed E-state index contributed by atoms with van der Waals surface area (Å²) in [6.07, 6.45) is 0. The highest BCUT2D eigenvalue weighted by Gasteiger charge is 2.24. The fourth-order valence-corrected chi connectivity index (χ4v) is 2.69. The Morgan fingerprint density at radius 2 is 2.05 bits per heavy atom.